The van der Waals surface area contributed by atoms with Gasteiger partial charge in [0.1, 0.15) is 0 Å². The standard InChI is InChI=1S/C31H31N3O2/c1-3-5-17-33-20-26(22-11-7-9-13-28(22)33)31(25-19-32-16-15-24(25)30(35)36-31)27-21-34(18-6-4-2)29-14-10-8-12-23(27)29/h7-16,19-21H,3-6,17-18H2,1-2H3. The molecule has 0 unspecified atom stereocenters. The van der Waals surface area contributed by atoms with Crippen LogP contribution in [0.15, 0.2) is 79.4 Å². The molecule has 182 valence electrons. The number of pyridine rings is 1. The van der Waals surface area contributed by atoms with Gasteiger partial charge in [0.25, 0.3) is 0 Å². The molecule has 5 aromatic rings. The molecule has 0 saturated heterocycles. The topological polar surface area (TPSA) is 49.0 Å². The van der Waals surface area contributed by atoms with Crippen LogP contribution in [0.2, 0.25) is 0 Å². The van der Waals surface area contributed by atoms with E-state index in [0.29, 0.717) is 5.56 Å². The van der Waals surface area contributed by atoms with Crippen molar-refractivity contribution in [2.45, 2.75) is 58.2 Å². The average Bonchev–Trinajstić information content (AvgIpc) is 3.57. The lowest BCUT2D eigenvalue weighted by molar-refractivity contribution is 0.0258. The molecular weight excluding hydrogens is 446 g/mol. The van der Waals surface area contributed by atoms with Crippen LogP contribution in [0.5, 0.6) is 0 Å². The van der Waals surface area contributed by atoms with Crippen LogP contribution < -0.4 is 0 Å². The summed E-state index contributed by atoms with van der Waals surface area (Å²) < 4.78 is 11.2. The van der Waals surface area contributed by atoms with Crippen molar-refractivity contribution in [3.8, 4) is 0 Å². The third-order valence-electron chi connectivity index (χ3n) is 7.51. The second-order valence-corrected chi connectivity index (χ2v) is 9.71. The zero-order chi connectivity index (χ0) is 24.7. The van der Waals surface area contributed by atoms with Gasteiger partial charge in [-0.15, -0.1) is 0 Å². The van der Waals surface area contributed by atoms with Gasteiger partial charge in [-0.1, -0.05) is 63.1 Å². The molecule has 5 nitrogen and oxygen atoms in total. The van der Waals surface area contributed by atoms with E-state index in [2.05, 4.69) is 88.9 Å². The number of esters is 1. The highest BCUT2D eigenvalue weighted by Gasteiger charge is 2.51. The van der Waals surface area contributed by atoms with Crippen LogP contribution in [-0.4, -0.2) is 20.1 Å². The minimum Gasteiger partial charge on any atom is -0.440 e. The molecule has 0 radical (unpaired) electrons. The number of ether oxygens (including phenoxy) is 1. The van der Waals surface area contributed by atoms with Crippen LogP contribution in [0.25, 0.3) is 21.8 Å². The van der Waals surface area contributed by atoms with E-state index in [1.807, 2.05) is 6.20 Å². The second kappa shape index (κ2) is 8.98. The quantitative estimate of drug-likeness (QED) is 0.225. The predicted octanol–water partition coefficient (Wildman–Crippen LogP) is 7.05. The Morgan fingerprint density at radius 3 is 1.89 bits per heavy atom. The minimum atomic E-state index is -1.07. The number of aryl methyl sites for hydroxylation is 2. The first-order chi connectivity index (χ1) is 17.7. The zero-order valence-electron chi connectivity index (χ0n) is 20.9. The molecule has 0 saturated carbocycles. The number of benzene rings is 2. The number of cyclic esters (lactones) is 1. The van der Waals surface area contributed by atoms with Crippen molar-refractivity contribution in [2.75, 3.05) is 0 Å². The van der Waals surface area contributed by atoms with Gasteiger partial charge in [0, 0.05) is 76.4 Å². The summed E-state index contributed by atoms with van der Waals surface area (Å²) >= 11 is 0. The number of nitrogens with zero attached hydrogens (tertiary/aromatic N) is 3. The number of hydrogen-bond acceptors (Lipinski definition) is 3. The van der Waals surface area contributed by atoms with Crippen molar-refractivity contribution < 1.29 is 9.53 Å². The summed E-state index contributed by atoms with van der Waals surface area (Å²) in [4.78, 5) is 17.9. The number of hydrogen-bond donors (Lipinski definition) is 0. The Morgan fingerprint density at radius 2 is 1.33 bits per heavy atom. The van der Waals surface area contributed by atoms with Crippen LogP contribution in [0.3, 0.4) is 0 Å². The summed E-state index contributed by atoms with van der Waals surface area (Å²) in [5, 5.41) is 2.20. The van der Waals surface area contributed by atoms with Gasteiger partial charge in [-0.05, 0) is 31.0 Å². The lowest BCUT2D eigenvalue weighted by Gasteiger charge is -2.29. The number of unbranched alkanes of at least 4 members (excludes halogenated alkanes) is 2. The van der Waals surface area contributed by atoms with Crippen LogP contribution in [0.1, 0.15) is 66.6 Å². The third-order valence-corrected chi connectivity index (χ3v) is 7.51. The molecule has 3 aromatic heterocycles. The fourth-order valence-corrected chi connectivity index (χ4v) is 5.73. The Bertz CT molecular complexity index is 1490. The monoisotopic (exact) mass is 477 g/mol. The Kier molecular flexibility index (Phi) is 5.63. The van der Waals surface area contributed by atoms with Crippen LogP contribution in [0.4, 0.5) is 0 Å². The number of aromatic nitrogens is 3. The molecule has 6 rings (SSSR count). The molecule has 0 atom stereocenters. The number of rotatable bonds is 8. The van der Waals surface area contributed by atoms with Crippen molar-refractivity contribution in [3.05, 3.63) is 102 Å². The highest BCUT2D eigenvalue weighted by Crippen LogP contribution is 2.51. The molecule has 2 aromatic carbocycles. The Labute approximate surface area is 211 Å². The normalized spacial score (nSPS) is 14.4. The smallest absolute Gasteiger partial charge is 0.340 e. The summed E-state index contributed by atoms with van der Waals surface area (Å²) in [6.45, 7) is 6.25. The second-order valence-electron chi connectivity index (χ2n) is 9.71. The van der Waals surface area contributed by atoms with Gasteiger partial charge in [-0.2, -0.15) is 0 Å². The van der Waals surface area contributed by atoms with E-state index in [0.717, 1.165) is 77.3 Å². The predicted molar refractivity (Wildman–Crippen MR) is 143 cm³/mol. The van der Waals surface area contributed by atoms with Gasteiger partial charge in [-0.3, -0.25) is 4.98 Å². The molecule has 0 amide bonds. The number of carbonyl (C=O) groups is 1. The fraction of sp³-hybridized carbons (Fsp3) is 0.290. The van der Waals surface area contributed by atoms with E-state index >= 15 is 0 Å². The molecule has 1 aliphatic heterocycles. The molecule has 1 aliphatic rings. The van der Waals surface area contributed by atoms with E-state index in [1.165, 1.54) is 0 Å². The Balaban J connectivity index is 1.70. The van der Waals surface area contributed by atoms with Crippen molar-refractivity contribution in [1.82, 2.24) is 14.1 Å². The number of fused-ring (bicyclic) bond motifs is 3. The molecule has 5 heteroatoms. The van der Waals surface area contributed by atoms with Crippen LogP contribution in [0, 0.1) is 0 Å². The maximum Gasteiger partial charge on any atom is 0.340 e. The average molecular weight is 478 g/mol. The van der Waals surface area contributed by atoms with E-state index in [9.17, 15) is 4.79 Å². The number of para-hydroxylation sites is 2. The molecule has 0 spiro atoms. The van der Waals surface area contributed by atoms with Gasteiger partial charge in [-0.25, -0.2) is 4.79 Å². The van der Waals surface area contributed by atoms with Gasteiger partial charge in [0.2, 0.25) is 0 Å². The maximum absolute atomic E-state index is 13.4. The molecule has 0 aliphatic carbocycles. The SMILES string of the molecule is CCCCn1cc(C2(c3cn(CCCC)c4ccccc34)OC(=O)c3ccncc32)c2ccccc21. The highest BCUT2D eigenvalue weighted by molar-refractivity contribution is 6.00. The first kappa shape index (κ1) is 22.6. The van der Waals surface area contributed by atoms with E-state index in [1.54, 1.807) is 12.3 Å². The molecule has 0 N–H and O–H groups in total. The summed E-state index contributed by atoms with van der Waals surface area (Å²) in [7, 11) is 0. The van der Waals surface area contributed by atoms with Crippen molar-refractivity contribution in [1.29, 1.82) is 0 Å². The van der Waals surface area contributed by atoms with E-state index in [-0.39, 0.29) is 5.97 Å². The molecule has 0 bridgehead atoms. The first-order valence-electron chi connectivity index (χ1n) is 13.0. The third kappa shape index (κ3) is 3.29. The van der Waals surface area contributed by atoms with Gasteiger partial charge >= 0.3 is 5.97 Å². The fourth-order valence-electron chi connectivity index (χ4n) is 5.73. The minimum absolute atomic E-state index is 0.303. The highest BCUT2D eigenvalue weighted by atomic mass is 16.6. The van der Waals surface area contributed by atoms with Gasteiger partial charge < -0.3 is 13.9 Å². The lowest BCUT2D eigenvalue weighted by Crippen LogP contribution is -2.29. The van der Waals surface area contributed by atoms with Gasteiger partial charge in [0.15, 0.2) is 5.60 Å². The molecular formula is C31H31N3O2. The molecule has 0 fully saturated rings. The lowest BCUT2D eigenvalue weighted by atomic mass is 9.80. The summed E-state index contributed by atoms with van der Waals surface area (Å²) in [6, 6.07) is 18.7. The van der Waals surface area contributed by atoms with Crippen molar-refractivity contribution in [2.24, 2.45) is 0 Å². The van der Waals surface area contributed by atoms with Crippen LogP contribution >= 0.6 is 0 Å². The number of carbonyl (C=O) groups excluding carboxylic acids is 1. The molecule has 36 heavy (non-hydrogen) atoms. The van der Waals surface area contributed by atoms with Crippen molar-refractivity contribution in [3.63, 3.8) is 0 Å². The van der Waals surface area contributed by atoms with Crippen molar-refractivity contribution >= 4 is 27.8 Å². The zero-order valence-corrected chi connectivity index (χ0v) is 20.9. The molecule has 4 heterocycles. The summed E-state index contributed by atoms with van der Waals surface area (Å²) in [5.74, 6) is -0.303. The Hall–Kier alpha value is -3.86. The summed E-state index contributed by atoms with van der Waals surface area (Å²) in [5.41, 5.74) is 4.62. The van der Waals surface area contributed by atoms with Gasteiger partial charge in [0.05, 0.1) is 5.56 Å². The van der Waals surface area contributed by atoms with E-state index in [4.69, 9.17) is 4.74 Å². The maximum atomic E-state index is 13.4. The van der Waals surface area contributed by atoms with E-state index < -0.39 is 5.60 Å². The Morgan fingerprint density at radius 1 is 0.778 bits per heavy atom. The van der Waals surface area contributed by atoms with Crippen LogP contribution in [-0.2, 0) is 23.4 Å². The largest absolute Gasteiger partial charge is 0.440 e. The summed E-state index contributed by atoms with van der Waals surface area (Å²) in [6.07, 6.45) is 12.3. The first-order valence-corrected chi connectivity index (χ1v) is 13.0.